The quantitative estimate of drug-likeness (QED) is 0.612. The van der Waals surface area contributed by atoms with E-state index < -0.39 is 12.0 Å². The number of carbonyl (C=O) groups is 1. The third-order valence-corrected chi connectivity index (χ3v) is 2.00. The highest BCUT2D eigenvalue weighted by molar-refractivity contribution is 7.90. The molecule has 0 aromatic heterocycles. The van der Waals surface area contributed by atoms with Crippen LogP contribution in [0.25, 0.3) is 4.91 Å². The maximum absolute atomic E-state index is 11.9. The van der Waals surface area contributed by atoms with Crippen molar-refractivity contribution in [2.45, 2.75) is 6.18 Å². The predicted molar refractivity (Wildman–Crippen MR) is 54.5 cm³/mol. The summed E-state index contributed by atoms with van der Waals surface area (Å²) in [6, 6.07) is 8.16. The summed E-state index contributed by atoms with van der Waals surface area (Å²) in [6.45, 7) is 0. The molecule has 0 fully saturated rings. The van der Waals surface area contributed by atoms with Gasteiger partial charge in [-0.15, -0.1) is 12.6 Å². The van der Waals surface area contributed by atoms with E-state index in [9.17, 15) is 18.0 Å². The molecule has 0 bridgehead atoms. The summed E-state index contributed by atoms with van der Waals surface area (Å²) < 4.78 is 35.7. The lowest BCUT2D eigenvalue weighted by Gasteiger charge is -2.02. The summed E-state index contributed by atoms with van der Waals surface area (Å²) in [7, 11) is 0. The molecular weight excluding hydrogens is 225 g/mol. The topological polar surface area (TPSA) is 17.1 Å². The Hall–Kier alpha value is -1.23. The van der Waals surface area contributed by atoms with Crippen LogP contribution in [0.4, 0.5) is 13.2 Å². The summed E-state index contributed by atoms with van der Waals surface area (Å²) in [5.74, 6) is -1.91. The van der Waals surface area contributed by atoms with Crippen molar-refractivity contribution in [3.05, 3.63) is 42.0 Å². The van der Waals surface area contributed by atoms with Gasteiger partial charge in [0.15, 0.2) is 0 Å². The maximum atomic E-state index is 11.9. The van der Waals surface area contributed by atoms with Gasteiger partial charge in [-0.25, -0.2) is 0 Å². The van der Waals surface area contributed by atoms with Crippen LogP contribution in [0, 0.1) is 0 Å². The lowest BCUT2D eigenvalue weighted by atomic mass is 10.2. The van der Waals surface area contributed by atoms with Crippen molar-refractivity contribution in [1.82, 2.24) is 0 Å². The monoisotopic (exact) mass is 232 g/mol. The molecule has 0 radical (unpaired) electrons. The number of halogens is 3. The number of thiol groups is 1. The molecule has 1 nitrogen and oxygen atoms in total. The average molecular weight is 232 g/mol. The van der Waals surface area contributed by atoms with Gasteiger partial charge in [0, 0.05) is 11.0 Å². The summed E-state index contributed by atoms with van der Waals surface area (Å²) in [6.07, 6.45) is -4.37. The Balaban J connectivity index is 2.91. The Bertz CT molecular complexity index is 381. The number of hydrogen-bond donors (Lipinski definition) is 1. The van der Waals surface area contributed by atoms with Gasteiger partial charge in [0.2, 0.25) is 0 Å². The van der Waals surface area contributed by atoms with E-state index in [1.54, 1.807) is 30.3 Å². The molecule has 0 saturated heterocycles. The van der Waals surface area contributed by atoms with E-state index in [0.29, 0.717) is 11.6 Å². The number of alkyl halides is 3. The number of benzene rings is 1. The minimum atomic E-state index is -4.84. The van der Waals surface area contributed by atoms with Crippen LogP contribution >= 0.6 is 12.6 Å². The Morgan fingerprint density at radius 1 is 1.20 bits per heavy atom. The highest BCUT2D eigenvalue weighted by atomic mass is 32.1. The molecule has 0 aliphatic carbocycles. The second kappa shape index (κ2) is 4.53. The van der Waals surface area contributed by atoms with Crippen molar-refractivity contribution in [3.63, 3.8) is 0 Å². The molecule has 1 rings (SSSR count). The molecule has 0 N–H and O–H groups in total. The highest BCUT2D eigenvalue weighted by Crippen LogP contribution is 2.22. The SMILES string of the molecule is O=C(/C=C(\S)c1ccccc1)C(F)(F)F. The second-order valence-corrected chi connectivity index (χ2v) is 3.24. The first-order valence-electron chi connectivity index (χ1n) is 3.98. The number of hydrogen-bond acceptors (Lipinski definition) is 2. The molecule has 0 aliphatic heterocycles. The van der Waals surface area contributed by atoms with Gasteiger partial charge >= 0.3 is 6.18 Å². The van der Waals surface area contributed by atoms with Crippen LogP contribution in [0.2, 0.25) is 0 Å². The maximum Gasteiger partial charge on any atom is 0.454 e. The van der Waals surface area contributed by atoms with Gasteiger partial charge in [-0.3, -0.25) is 4.79 Å². The molecule has 0 saturated carbocycles. The molecule has 0 atom stereocenters. The van der Waals surface area contributed by atoms with Crippen molar-refractivity contribution < 1.29 is 18.0 Å². The Morgan fingerprint density at radius 2 is 1.73 bits per heavy atom. The zero-order valence-corrected chi connectivity index (χ0v) is 8.35. The van der Waals surface area contributed by atoms with Crippen LogP contribution in [0.15, 0.2) is 36.4 Å². The molecule has 5 heteroatoms. The Labute approximate surface area is 90.0 Å². The first-order valence-corrected chi connectivity index (χ1v) is 4.43. The van der Waals surface area contributed by atoms with Crippen LogP contribution in [-0.4, -0.2) is 12.0 Å². The van der Waals surface area contributed by atoms with Crippen molar-refractivity contribution in [2.75, 3.05) is 0 Å². The largest absolute Gasteiger partial charge is 0.454 e. The number of carbonyl (C=O) groups excluding carboxylic acids is 1. The van der Waals surface area contributed by atoms with Crippen LogP contribution < -0.4 is 0 Å². The normalized spacial score (nSPS) is 12.7. The van der Waals surface area contributed by atoms with Gasteiger partial charge in [0.25, 0.3) is 5.78 Å². The molecule has 0 spiro atoms. The van der Waals surface area contributed by atoms with Crippen molar-refractivity contribution in [3.8, 4) is 0 Å². The molecule has 0 amide bonds. The summed E-state index contributed by atoms with van der Waals surface area (Å²) in [4.78, 5) is 10.6. The fourth-order valence-electron chi connectivity index (χ4n) is 0.898. The number of allylic oxidation sites excluding steroid dienone is 1. The summed E-state index contributed by atoms with van der Waals surface area (Å²) >= 11 is 3.83. The molecule has 15 heavy (non-hydrogen) atoms. The van der Waals surface area contributed by atoms with Gasteiger partial charge in [-0.2, -0.15) is 13.2 Å². The number of rotatable bonds is 2. The minimum absolute atomic E-state index is 0.00192. The van der Waals surface area contributed by atoms with E-state index >= 15 is 0 Å². The zero-order chi connectivity index (χ0) is 11.5. The molecule has 1 aromatic carbocycles. The van der Waals surface area contributed by atoms with Gasteiger partial charge in [-0.05, 0) is 5.56 Å². The fourth-order valence-corrected chi connectivity index (χ4v) is 1.16. The van der Waals surface area contributed by atoms with Crippen LogP contribution in [0.3, 0.4) is 0 Å². The minimum Gasteiger partial charge on any atom is -0.285 e. The van der Waals surface area contributed by atoms with Gasteiger partial charge in [0.05, 0.1) is 0 Å². The van der Waals surface area contributed by atoms with Gasteiger partial charge in [-0.1, -0.05) is 30.3 Å². The van der Waals surface area contributed by atoms with E-state index in [2.05, 4.69) is 12.6 Å². The molecule has 80 valence electrons. The van der Waals surface area contributed by atoms with E-state index in [1.807, 2.05) is 0 Å². The average Bonchev–Trinajstić information content (AvgIpc) is 2.17. The fraction of sp³-hybridized carbons (Fsp3) is 0.100. The van der Waals surface area contributed by atoms with Crippen LogP contribution in [0.5, 0.6) is 0 Å². The van der Waals surface area contributed by atoms with Crippen LogP contribution in [-0.2, 0) is 4.79 Å². The number of ketones is 1. The summed E-state index contributed by atoms with van der Waals surface area (Å²) in [5.41, 5.74) is 0.471. The lowest BCUT2D eigenvalue weighted by Crippen LogP contribution is -2.20. The predicted octanol–water partition coefficient (Wildman–Crippen LogP) is 3.09. The van der Waals surface area contributed by atoms with Crippen molar-refractivity contribution in [2.24, 2.45) is 0 Å². The van der Waals surface area contributed by atoms with Gasteiger partial charge < -0.3 is 0 Å². The van der Waals surface area contributed by atoms with E-state index in [4.69, 9.17) is 0 Å². The van der Waals surface area contributed by atoms with E-state index in [0.717, 1.165) is 0 Å². The Kier molecular flexibility index (Phi) is 3.57. The second-order valence-electron chi connectivity index (χ2n) is 2.76. The third-order valence-electron chi connectivity index (χ3n) is 1.62. The highest BCUT2D eigenvalue weighted by Gasteiger charge is 2.36. The molecule has 0 aliphatic rings. The van der Waals surface area contributed by atoms with E-state index in [-0.39, 0.29) is 4.91 Å². The smallest absolute Gasteiger partial charge is 0.285 e. The standard InChI is InChI=1S/C10H7F3OS/c11-10(12,13)9(14)6-8(15)7-4-2-1-3-5-7/h1-6,15H/b8-6-. The molecule has 0 heterocycles. The van der Waals surface area contributed by atoms with Crippen LogP contribution in [0.1, 0.15) is 5.56 Å². The van der Waals surface area contributed by atoms with Gasteiger partial charge in [0.1, 0.15) is 0 Å². The van der Waals surface area contributed by atoms with Crippen molar-refractivity contribution in [1.29, 1.82) is 0 Å². The lowest BCUT2D eigenvalue weighted by molar-refractivity contribution is -0.165. The van der Waals surface area contributed by atoms with E-state index in [1.165, 1.54) is 0 Å². The first-order chi connectivity index (χ1) is 6.91. The van der Waals surface area contributed by atoms with Crippen molar-refractivity contribution >= 4 is 23.3 Å². The molecule has 0 unspecified atom stereocenters. The molecular formula is C10H7F3OS. The summed E-state index contributed by atoms with van der Waals surface area (Å²) in [5, 5.41) is 0. The third kappa shape index (κ3) is 3.43. The zero-order valence-electron chi connectivity index (χ0n) is 7.45. The first kappa shape index (κ1) is 11.8. The molecule has 1 aromatic rings. The Morgan fingerprint density at radius 3 is 2.20 bits per heavy atom.